The average Bonchev–Trinajstić information content (AvgIpc) is 2.35. The van der Waals surface area contributed by atoms with E-state index in [2.05, 4.69) is 29.5 Å². The summed E-state index contributed by atoms with van der Waals surface area (Å²) in [5, 5.41) is 6.47. The van der Waals surface area contributed by atoms with Crippen molar-refractivity contribution in [3.05, 3.63) is 0 Å². The molecule has 1 rings (SSSR count). The lowest BCUT2D eigenvalue weighted by Crippen LogP contribution is -2.48. The van der Waals surface area contributed by atoms with E-state index in [0.717, 1.165) is 18.8 Å². The minimum Gasteiger partial charge on any atom is -0.354 e. The van der Waals surface area contributed by atoms with Gasteiger partial charge in [-0.2, -0.15) is 0 Å². The van der Waals surface area contributed by atoms with E-state index in [0.29, 0.717) is 11.5 Å². The largest absolute Gasteiger partial charge is 0.354 e. The Morgan fingerprint density at radius 2 is 1.89 bits per heavy atom. The fraction of sp³-hybridized carbons (Fsp3) is 0.857. The second kappa shape index (κ2) is 6.78. The third-order valence-corrected chi connectivity index (χ3v) is 3.81. The molecule has 1 fully saturated rings. The minimum atomic E-state index is 0.0488. The summed E-state index contributed by atoms with van der Waals surface area (Å²) >= 11 is 0. The normalized spacial score (nSPS) is 19.9. The molecule has 0 saturated heterocycles. The topological polar surface area (TPSA) is 56.7 Å². The zero-order valence-corrected chi connectivity index (χ0v) is 12.9. The van der Waals surface area contributed by atoms with E-state index in [4.69, 9.17) is 0 Å². The lowest BCUT2D eigenvalue weighted by atomic mass is 9.75. The summed E-state index contributed by atoms with van der Waals surface area (Å²) in [6.07, 6.45) is 4.79. The summed E-state index contributed by atoms with van der Waals surface area (Å²) in [7, 11) is 5.25. The third-order valence-electron chi connectivity index (χ3n) is 3.81. The number of aliphatic imine (C=N–C) groups is 1. The highest BCUT2D eigenvalue weighted by Gasteiger charge is 2.27. The molecule has 1 aliphatic rings. The molecule has 0 heterocycles. The molecule has 0 aliphatic heterocycles. The molecule has 0 radical (unpaired) electrons. The maximum atomic E-state index is 11.5. The predicted molar refractivity (Wildman–Crippen MR) is 79.2 cm³/mol. The van der Waals surface area contributed by atoms with E-state index in [1.807, 2.05) is 0 Å². The molecular formula is C14H28N4O. The van der Waals surface area contributed by atoms with Crippen LogP contribution < -0.4 is 10.6 Å². The number of carbonyl (C=O) groups is 1. The van der Waals surface area contributed by atoms with E-state index in [-0.39, 0.29) is 12.5 Å². The summed E-state index contributed by atoms with van der Waals surface area (Å²) in [5.74, 6) is 0.771. The molecule has 0 aromatic carbocycles. The molecule has 1 saturated carbocycles. The number of nitrogens with zero attached hydrogens (tertiary/aromatic N) is 2. The maximum Gasteiger partial charge on any atom is 0.241 e. The van der Waals surface area contributed by atoms with Crippen LogP contribution in [-0.4, -0.2) is 50.5 Å². The number of carbonyl (C=O) groups excluding carboxylic acids is 1. The Kier molecular flexibility index (Phi) is 5.63. The number of hydrogen-bond acceptors (Lipinski definition) is 2. The molecule has 2 N–H and O–H groups in total. The van der Waals surface area contributed by atoms with E-state index < -0.39 is 0 Å². The van der Waals surface area contributed by atoms with Crippen LogP contribution in [-0.2, 0) is 4.79 Å². The SMILES string of the molecule is CN=C(NCC(=O)N(C)C)NC1CCC(C)(C)CC1. The van der Waals surface area contributed by atoms with Crippen LogP contribution in [0.2, 0.25) is 0 Å². The van der Waals surface area contributed by atoms with Gasteiger partial charge in [0.1, 0.15) is 0 Å². The summed E-state index contributed by atoms with van der Waals surface area (Å²) in [6, 6.07) is 0.466. The number of nitrogens with one attached hydrogen (secondary N) is 2. The summed E-state index contributed by atoms with van der Waals surface area (Å²) < 4.78 is 0. The average molecular weight is 268 g/mol. The molecule has 110 valence electrons. The molecule has 0 aromatic rings. The van der Waals surface area contributed by atoms with Gasteiger partial charge in [0.15, 0.2) is 5.96 Å². The van der Waals surface area contributed by atoms with Crippen LogP contribution in [0.15, 0.2) is 4.99 Å². The number of hydrogen-bond donors (Lipinski definition) is 2. The second-order valence-electron chi connectivity index (χ2n) is 6.30. The van der Waals surface area contributed by atoms with E-state index >= 15 is 0 Å². The van der Waals surface area contributed by atoms with Crippen LogP contribution >= 0.6 is 0 Å². The number of rotatable bonds is 3. The van der Waals surface area contributed by atoms with Gasteiger partial charge in [0, 0.05) is 27.2 Å². The van der Waals surface area contributed by atoms with Gasteiger partial charge in [-0.15, -0.1) is 0 Å². The van der Waals surface area contributed by atoms with E-state index in [9.17, 15) is 4.79 Å². The number of amides is 1. The quantitative estimate of drug-likeness (QED) is 0.597. The van der Waals surface area contributed by atoms with Crippen molar-refractivity contribution in [1.82, 2.24) is 15.5 Å². The van der Waals surface area contributed by atoms with Crippen LogP contribution in [0, 0.1) is 5.41 Å². The van der Waals surface area contributed by atoms with Crippen molar-refractivity contribution in [3.8, 4) is 0 Å². The van der Waals surface area contributed by atoms with Crippen molar-refractivity contribution in [1.29, 1.82) is 0 Å². The molecule has 0 bridgehead atoms. The van der Waals surface area contributed by atoms with E-state index in [1.165, 1.54) is 12.8 Å². The van der Waals surface area contributed by atoms with Gasteiger partial charge >= 0.3 is 0 Å². The fourth-order valence-electron chi connectivity index (χ4n) is 2.25. The van der Waals surface area contributed by atoms with Gasteiger partial charge < -0.3 is 15.5 Å². The van der Waals surface area contributed by atoms with Gasteiger partial charge in [0.2, 0.25) is 5.91 Å². The Hall–Kier alpha value is -1.26. The molecule has 5 nitrogen and oxygen atoms in total. The van der Waals surface area contributed by atoms with Crippen LogP contribution in [0.1, 0.15) is 39.5 Å². The Morgan fingerprint density at radius 3 is 2.37 bits per heavy atom. The maximum absolute atomic E-state index is 11.5. The highest BCUT2D eigenvalue weighted by Crippen LogP contribution is 2.34. The van der Waals surface area contributed by atoms with Crippen molar-refractivity contribution in [3.63, 3.8) is 0 Å². The first-order chi connectivity index (χ1) is 8.84. The molecule has 1 amide bonds. The molecule has 0 atom stereocenters. The van der Waals surface area contributed by atoms with Crippen molar-refractivity contribution in [2.75, 3.05) is 27.7 Å². The Balaban J connectivity index is 2.36. The minimum absolute atomic E-state index is 0.0488. The van der Waals surface area contributed by atoms with Crippen LogP contribution in [0.25, 0.3) is 0 Å². The van der Waals surface area contributed by atoms with Gasteiger partial charge in [0.25, 0.3) is 0 Å². The Morgan fingerprint density at radius 1 is 1.32 bits per heavy atom. The first-order valence-corrected chi connectivity index (χ1v) is 7.01. The van der Waals surface area contributed by atoms with Crippen LogP contribution in [0.3, 0.4) is 0 Å². The molecule has 1 aliphatic carbocycles. The van der Waals surface area contributed by atoms with Gasteiger partial charge in [-0.3, -0.25) is 9.79 Å². The zero-order valence-electron chi connectivity index (χ0n) is 12.9. The lowest BCUT2D eigenvalue weighted by molar-refractivity contribution is -0.127. The highest BCUT2D eigenvalue weighted by molar-refractivity contribution is 5.86. The molecule has 19 heavy (non-hydrogen) atoms. The molecule has 0 unspecified atom stereocenters. The molecular weight excluding hydrogens is 240 g/mol. The van der Waals surface area contributed by atoms with Gasteiger partial charge in [-0.25, -0.2) is 0 Å². The van der Waals surface area contributed by atoms with Crippen molar-refractivity contribution in [2.45, 2.75) is 45.6 Å². The van der Waals surface area contributed by atoms with Gasteiger partial charge in [0.05, 0.1) is 6.54 Å². The summed E-state index contributed by atoms with van der Waals surface area (Å²) in [4.78, 5) is 17.3. The second-order valence-corrected chi connectivity index (χ2v) is 6.30. The van der Waals surface area contributed by atoms with Crippen LogP contribution in [0.5, 0.6) is 0 Å². The van der Waals surface area contributed by atoms with Gasteiger partial charge in [-0.05, 0) is 31.1 Å². The van der Waals surface area contributed by atoms with Crippen LogP contribution in [0.4, 0.5) is 0 Å². The number of guanidine groups is 1. The fourth-order valence-corrected chi connectivity index (χ4v) is 2.25. The monoisotopic (exact) mass is 268 g/mol. The highest BCUT2D eigenvalue weighted by atomic mass is 16.2. The Labute approximate surface area is 116 Å². The van der Waals surface area contributed by atoms with Crippen molar-refractivity contribution >= 4 is 11.9 Å². The molecule has 5 heteroatoms. The zero-order chi connectivity index (χ0) is 14.5. The predicted octanol–water partition coefficient (Wildman–Crippen LogP) is 1.21. The van der Waals surface area contributed by atoms with Crippen molar-refractivity contribution < 1.29 is 4.79 Å². The first kappa shape index (κ1) is 15.8. The summed E-state index contributed by atoms with van der Waals surface area (Å²) in [6.45, 7) is 4.93. The van der Waals surface area contributed by atoms with Gasteiger partial charge in [-0.1, -0.05) is 13.8 Å². The molecule has 0 aromatic heterocycles. The third kappa shape index (κ3) is 5.49. The summed E-state index contributed by atoms with van der Waals surface area (Å²) in [5.41, 5.74) is 0.468. The number of likely N-dealkylation sites (N-methyl/N-ethyl adjacent to an activating group) is 1. The smallest absolute Gasteiger partial charge is 0.241 e. The lowest BCUT2D eigenvalue weighted by Gasteiger charge is -2.35. The molecule has 0 spiro atoms. The first-order valence-electron chi connectivity index (χ1n) is 7.01. The van der Waals surface area contributed by atoms with Crippen molar-refractivity contribution in [2.24, 2.45) is 10.4 Å². The standard InChI is InChI=1S/C14H28N4O/c1-14(2)8-6-11(7-9-14)17-13(15-3)16-10-12(19)18(4)5/h11H,6-10H2,1-5H3,(H2,15,16,17). The Bertz CT molecular complexity index is 326. The van der Waals surface area contributed by atoms with E-state index in [1.54, 1.807) is 26.0 Å².